The predicted molar refractivity (Wildman–Crippen MR) is 61.1 cm³/mol. The first-order valence-corrected chi connectivity index (χ1v) is 6.06. The zero-order valence-electron chi connectivity index (χ0n) is 10.2. The molecule has 17 heavy (non-hydrogen) atoms. The zero-order valence-corrected chi connectivity index (χ0v) is 10.2. The Labute approximate surface area is 101 Å². The molecular weight excluding hydrogens is 226 g/mol. The first kappa shape index (κ1) is 14.8. The van der Waals surface area contributed by atoms with E-state index in [0.29, 0.717) is 11.0 Å². The van der Waals surface area contributed by atoms with Crippen LogP contribution < -0.4 is 0 Å². The van der Waals surface area contributed by atoms with Crippen LogP contribution in [-0.4, -0.2) is 87.7 Å². The number of hydrogen-bond donors (Lipinski definition) is 5. The zero-order chi connectivity index (χ0) is 13.1. The van der Waals surface area contributed by atoms with Gasteiger partial charge < -0.3 is 30.0 Å². The highest BCUT2D eigenvalue weighted by Gasteiger charge is 2.36. The van der Waals surface area contributed by atoms with Crippen LogP contribution in [-0.2, 0) is 0 Å². The van der Waals surface area contributed by atoms with Gasteiger partial charge in [0.05, 0.1) is 26.7 Å². The Kier molecular flexibility index (Phi) is 5.30. The smallest absolute Gasteiger partial charge is 0.131 e. The van der Waals surface area contributed by atoms with Gasteiger partial charge in [-0.25, -0.2) is 0 Å². The van der Waals surface area contributed by atoms with Gasteiger partial charge in [-0.3, -0.25) is 0 Å². The Hall–Kier alpha value is -0.240. The van der Waals surface area contributed by atoms with E-state index in [0.717, 1.165) is 25.9 Å². The highest BCUT2D eigenvalue weighted by Crippen LogP contribution is 2.18. The van der Waals surface area contributed by atoms with Crippen LogP contribution in [0, 0.1) is 0 Å². The van der Waals surface area contributed by atoms with Gasteiger partial charge in [0.25, 0.3) is 0 Å². The molecule has 0 bridgehead atoms. The van der Waals surface area contributed by atoms with Gasteiger partial charge in [0, 0.05) is 12.8 Å². The highest BCUT2D eigenvalue weighted by molar-refractivity contribution is 4.80. The van der Waals surface area contributed by atoms with Crippen molar-refractivity contribution in [3.8, 4) is 0 Å². The lowest BCUT2D eigenvalue weighted by molar-refractivity contribution is -0.901. The third-order valence-corrected chi connectivity index (χ3v) is 3.60. The molecule has 0 spiro atoms. The summed E-state index contributed by atoms with van der Waals surface area (Å²) < 4.78 is 0.667. The van der Waals surface area contributed by atoms with Crippen LogP contribution in [0.1, 0.15) is 12.8 Å². The summed E-state index contributed by atoms with van der Waals surface area (Å²) in [4.78, 5) is 0. The summed E-state index contributed by atoms with van der Waals surface area (Å²) in [6.07, 6.45) is -3.29. The van der Waals surface area contributed by atoms with Crippen molar-refractivity contribution in [1.82, 2.24) is 0 Å². The molecule has 0 amide bonds. The molecule has 0 aliphatic carbocycles. The normalized spacial score (nSPS) is 26.5. The minimum atomic E-state index is -1.52. The summed E-state index contributed by atoms with van der Waals surface area (Å²) in [5.41, 5.74) is 0. The van der Waals surface area contributed by atoms with E-state index in [1.807, 2.05) is 7.05 Å². The lowest BCUT2D eigenvalue weighted by Crippen LogP contribution is -2.54. The monoisotopic (exact) mass is 250 g/mol. The van der Waals surface area contributed by atoms with Crippen LogP contribution in [0.5, 0.6) is 0 Å². The van der Waals surface area contributed by atoms with E-state index in [1.54, 1.807) is 0 Å². The van der Waals surface area contributed by atoms with Crippen LogP contribution in [0.25, 0.3) is 0 Å². The second-order valence-corrected chi connectivity index (χ2v) is 5.25. The van der Waals surface area contributed by atoms with Crippen molar-refractivity contribution in [1.29, 1.82) is 0 Å². The molecule has 0 aromatic heterocycles. The lowest BCUT2D eigenvalue weighted by Gasteiger charge is -2.34. The molecule has 1 aliphatic rings. The van der Waals surface area contributed by atoms with Gasteiger partial charge in [-0.1, -0.05) is 0 Å². The number of likely N-dealkylation sites (N-methyl/N-ethyl adjacent to an activating group) is 1. The maximum absolute atomic E-state index is 9.84. The van der Waals surface area contributed by atoms with E-state index in [4.69, 9.17) is 5.11 Å². The third-order valence-electron chi connectivity index (χ3n) is 3.60. The van der Waals surface area contributed by atoms with Crippen LogP contribution in [0.2, 0.25) is 0 Å². The van der Waals surface area contributed by atoms with E-state index in [1.165, 1.54) is 0 Å². The molecular formula is C11H24NO5+. The van der Waals surface area contributed by atoms with Crippen molar-refractivity contribution in [2.45, 2.75) is 37.3 Å². The fourth-order valence-electron chi connectivity index (χ4n) is 2.40. The first-order valence-electron chi connectivity index (χ1n) is 6.06. The van der Waals surface area contributed by atoms with Crippen molar-refractivity contribution in [2.24, 2.45) is 0 Å². The van der Waals surface area contributed by atoms with E-state index >= 15 is 0 Å². The van der Waals surface area contributed by atoms with Crippen LogP contribution in [0.15, 0.2) is 0 Å². The maximum Gasteiger partial charge on any atom is 0.131 e. The summed E-state index contributed by atoms with van der Waals surface area (Å²) in [6, 6.07) is 0. The number of quaternary nitrogens is 1. The Morgan fingerprint density at radius 2 is 1.41 bits per heavy atom. The summed E-state index contributed by atoms with van der Waals surface area (Å²) in [6.45, 7) is 1.60. The Morgan fingerprint density at radius 1 is 0.941 bits per heavy atom. The van der Waals surface area contributed by atoms with Crippen molar-refractivity contribution >= 4 is 0 Å². The van der Waals surface area contributed by atoms with Crippen molar-refractivity contribution in [2.75, 3.05) is 33.3 Å². The van der Waals surface area contributed by atoms with E-state index < -0.39 is 31.0 Å². The minimum Gasteiger partial charge on any atom is -0.394 e. The second-order valence-electron chi connectivity index (χ2n) is 5.25. The van der Waals surface area contributed by atoms with Crippen LogP contribution in [0.4, 0.5) is 0 Å². The molecule has 1 saturated heterocycles. The number of hydrogen-bond acceptors (Lipinski definition) is 5. The molecule has 4 unspecified atom stereocenters. The molecule has 0 radical (unpaired) electrons. The largest absolute Gasteiger partial charge is 0.394 e. The number of aliphatic hydroxyl groups excluding tert-OH is 5. The van der Waals surface area contributed by atoms with Gasteiger partial charge in [-0.15, -0.1) is 0 Å². The lowest BCUT2D eigenvalue weighted by atomic mass is 10.0. The van der Waals surface area contributed by atoms with E-state index in [2.05, 4.69) is 0 Å². The first-order chi connectivity index (χ1) is 7.89. The van der Waals surface area contributed by atoms with Gasteiger partial charge >= 0.3 is 0 Å². The molecule has 1 fully saturated rings. The molecule has 6 nitrogen and oxygen atoms in total. The van der Waals surface area contributed by atoms with Gasteiger partial charge in [0.1, 0.15) is 31.0 Å². The molecule has 1 heterocycles. The number of nitrogens with zero attached hydrogens (tertiary/aromatic N) is 1. The standard InChI is InChI=1S/C11H24NO5/c1-12(4-2-3-5-12)6-8(14)10(16)11(17)9(15)7-13/h8-11,13-17H,2-7H2,1H3/q+1. The fraction of sp³-hybridized carbons (Fsp3) is 1.00. The van der Waals surface area contributed by atoms with Gasteiger partial charge in [-0.05, 0) is 0 Å². The van der Waals surface area contributed by atoms with Gasteiger partial charge in [-0.2, -0.15) is 0 Å². The molecule has 4 atom stereocenters. The summed E-state index contributed by atoms with van der Waals surface area (Å²) in [5.74, 6) is 0. The molecule has 102 valence electrons. The summed E-state index contributed by atoms with van der Waals surface area (Å²) in [7, 11) is 2.00. The topological polar surface area (TPSA) is 101 Å². The average molecular weight is 250 g/mol. The Bertz CT molecular complexity index is 232. The van der Waals surface area contributed by atoms with Crippen molar-refractivity contribution < 1.29 is 30.0 Å². The molecule has 1 aliphatic heterocycles. The van der Waals surface area contributed by atoms with Gasteiger partial charge in [0.15, 0.2) is 0 Å². The quantitative estimate of drug-likeness (QED) is 0.340. The molecule has 0 aromatic carbocycles. The average Bonchev–Trinajstić information content (AvgIpc) is 2.72. The molecule has 0 saturated carbocycles. The molecule has 1 rings (SSSR count). The fourth-order valence-corrected chi connectivity index (χ4v) is 2.40. The Morgan fingerprint density at radius 3 is 1.88 bits per heavy atom. The number of aliphatic hydroxyl groups is 5. The highest BCUT2D eigenvalue weighted by atomic mass is 16.4. The molecule has 6 heteroatoms. The van der Waals surface area contributed by atoms with Crippen molar-refractivity contribution in [3.05, 3.63) is 0 Å². The van der Waals surface area contributed by atoms with E-state index in [9.17, 15) is 20.4 Å². The summed E-state index contributed by atoms with van der Waals surface area (Å²) in [5, 5.41) is 46.9. The maximum atomic E-state index is 9.84. The Balaban J connectivity index is 2.48. The second kappa shape index (κ2) is 6.08. The third kappa shape index (κ3) is 3.87. The molecule has 5 N–H and O–H groups in total. The summed E-state index contributed by atoms with van der Waals surface area (Å²) >= 11 is 0. The van der Waals surface area contributed by atoms with E-state index in [-0.39, 0.29) is 0 Å². The number of likely N-dealkylation sites (tertiary alicyclic amines) is 1. The minimum absolute atomic E-state index is 0.344. The predicted octanol–water partition coefficient (Wildman–Crippen LogP) is -2.34. The SMILES string of the molecule is C[N+]1(CC(O)C(O)C(O)C(O)CO)CCCC1. The molecule has 0 aromatic rings. The number of rotatable bonds is 6. The van der Waals surface area contributed by atoms with Crippen LogP contribution >= 0.6 is 0 Å². The van der Waals surface area contributed by atoms with Crippen LogP contribution in [0.3, 0.4) is 0 Å². The van der Waals surface area contributed by atoms with Crippen molar-refractivity contribution in [3.63, 3.8) is 0 Å². The van der Waals surface area contributed by atoms with Gasteiger partial charge in [0.2, 0.25) is 0 Å².